The lowest BCUT2D eigenvalue weighted by Crippen LogP contribution is -2.42. The molecule has 0 aliphatic heterocycles. The molecular formula is C45H59NO5. The normalized spacial score (nSPS) is 13.0. The molecule has 4 rings (SSSR count). The molecule has 0 unspecified atom stereocenters. The van der Waals surface area contributed by atoms with Gasteiger partial charge in [-0.15, -0.1) is 0 Å². The van der Waals surface area contributed by atoms with Gasteiger partial charge in [0.1, 0.15) is 28.6 Å². The largest absolute Gasteiger partial charge is 0.507 e. The van der Waals surface area contributed by atoms with Crippen LogP contribution < -0.4 is 14.2 Å². The molecule has 4 aromatic carbocycles. The Kier molecular flexibility index (Phi) is 13.4. The fourth-order valence-electron chi connectivity index (χ4n) is 6.08. The molecule has 0 spiro atoms. The predicted molar refractivity (Wildman–Crippen MR) is 210 cm³/mol. The van der Waals surface area contributed by atoms with Crippen LogP contribution in [0.1, 0.15) is 114 Å². The summed E-state index contributed by atoms with van der Waals surface area (Å²) in [4.78, 5) is 5.21. The van der Waals surface area contributed by atoms with Crippen LogP contribution in [0, 0.1) is 0 Å². The first-order chi connectivity index (χ1) is 24.2. The van der Waals surface area contributed by atoms with Crippen LogP contribution in [0.2, 0.25) is 0 Å². The lowest BCUT2D eigenvalue weighted by molar-refractivity contribution is 0.0460. The van der Waals surface area contributed by atoms with E-state index in [9.17, 15) is 10.2 Å². The number of phenols is 1. The van der Waals surface area contributed by atoms with Crippen molar-refractivity contribution in [2.24, 2.45) is 4.99 Å². The van der Waals surface area contributed by atoms with Crippen LogP contribution in [0.25, 0.3) is 0 Å². The second kappa shape index (κ2) is 17.3. The number of hydrogen-bond donors (Lipinski definition) is 2. The van der Waals surface area contributed by atoms with Gasteiger partial charge in [-0.25, -0.2) is 0 Å². The maximum atomic E-state index is 14.0. The molecule has 1 atom stereocenters. The van der Waals surface area contributed by atoms with Crippen molar-refractivity contribution in [1.82, 2.24) is 0 Å². The molecule has 2 N–H and O–H groups in total. The average molecular weight is 694 g/mol. The van der Waals surface area contributed by atoms with Gasteiger partial charge in [-0.3, -0.25) is 4.99 Å². The number of aliphatic imine (C=N–C) groups is 1. The van der Waals surface area contributed by atoms with Crippen molar-refractivity contribution in [2.45, 2.75) is 110 Å². The Bertz CT molecular complexity index is 1660. The van der Waals surface area contributed by atoms with Gasteiger partial charge in [-0.05, 0) is 89.2 Å². The standard InChI is InChI=1S/C45H59NO5/c1-10-12-25-50-40-23-19-34(43(3,4)5)29-37(40)45(48,38-30-35(44(6,7)8)20-24-41(38)51-26-13-11-2)42(27-32-17-15-14-16-18-32)46-31-33-28-36(49-9)21-22-39(33)47/h14-24,28-31,42,47-48H,10-13,25-27H2,1-9H3/t42-/m1/s1. The zero-order valence-electron chi connectivity index (χ0n) is 32.3. The summed E-state index contributed by atoms with van der Waals surface area (Å²) in [5.74, 6) is 1.88. The van der Waals surface area contributed by atoms with Crippen LogP contribution in [-0.4, -0.2) is 42.8 Å². The van der Waals surface area contributed by atoms with Crippen LogP contribution in [-0.2, 0) is 22.9 Å². The Morgan fingerprint density at radius 2 is 1.24 bits per heavy atom. The molecule has 0 bridgehead atoms. The highest BCUT2D eigenvalue weighted by Gasteiger charge is 2.45. The quantitative estimate of drug-likeness (QED) is 0.0902. The first-order valence-electron chi connectivity index (χ1n) is 18.4. The minimum absolute atomic E-state index is 0.0678. The Hall–Kier alpha value is -4.29. The highest BCUT2D eigenvalue weighted by Crippen LogP contribution is 2.47. The van der Waals surface area contributed by atoms with Crippen LogP contribution in [0.4, 0.5) is 0 Å². The average Bonchev–Trinajstić information content (AvgIpc) is 3.10. The van der Waals surface area contributed by atoms with Crippen LogP contribution >= 0.6 is 0 Å². The lowest BCUT2D eigenvalue weighted by Gasteiger charge is -2.39. The second-order valence-corrected chi connectivity index (χ2v) is 15.5. The molecule has 4 aromatic rings. The van der Waals surface area contributed by atoms with Gasteiger partial charge in [0.2, 0.25) is 0 Å². The van der Waals surface area contributed by atoms with E-state index in [0.717, 1.165) is 42.4 Å². The Balaban J connectivity index is 2.14. The third-order valence-corrected chi connectivity index (χ3v) is 9.41. The molecule has 0 fully saturated rings. The molecule has 0 aromatic heterocycles. The third kappa shape index (κ3) is 9.94. The van der Waals surface area contributed by atoms with E-state index < -0.39 is 11.6 Å². The van der Waals surface area contributed by atoms with Crippen LogP contribution in [0.15, 0.2) is 89.9 Å². The van der Waals surface area contributed by atoms with E-state index >= 15 is 0 Å². The van der Waals surface area contributed by atoms with Gasteiger partial charge in [0.05, 0.1) is 26.4 Å². The van der Waals surface area contributed by atoms with Crippen LogP contribution in [0.5, 0.6) is 23.0 Å². The Morgan fingerprint density at radius 3 is 1.71 bits per heavy atom. The van der Waals surface area contributed by atoms with E-state index in [-0.39, 0.29) is 16.6 Å². The number of aromatic hydroxyl groups is 1. The van der Waals surface area contributed by atoms with Crippen molar-refractivity contribution in [2.75, 3.05) is 20.3 Å². The fraction of sp³-hybridized carbons (Fsp3) is 0.444. The lowest BCUT2D eigenvalue weighted by atomic mass is 9.73. The van der Waals surface area contributed by atoms with Crippen molar-refractivity contribution < 1.29 is 24.4 Å². The van der Waals surface area contributed by atoms with Gasteiger partial charge in [0.25, 0.3) is 0 Å². The molecule has 0 saturated carbocycles. The summed E-state index contributed by atoms with van der Waals surface area (Å²) in [5.41, 5.74) is 2.71. The van der Waals surface area contributed by atoms with E-state index in [4.69, 9.17) is 19.2 Å². The monoisotopic (exact) mass is 693 g/mol. The zero-order chi connectivity index (χ0) is 37.2. The fourth-order valence-corrected chi connectivity index (χ4v) is 6.08. The molecule has 0 saturated heterocycles. The SMILES string of the molecule is CCCCOc1ccc(C(C)(C)C)cc1C(O)(c1cc(C(C)(C)C)ccc1OCCCC)[C@@H](Cc1ccccc1)N=Cc1cc(OC)ccc1O. The van der Waals surface area contributed by atoms with Gasteiger partial charge >= 0.3 is 0 Å². The Labute approximate surface area is 306 Å². The molecule has 0 radical (unpaired) electrons. The van der Waals surface area contributed by atoms with E-state index in [2.05, 4.69) is 91.8 Å². The topological polar surface area (TPSA) is 80.5 Å². The number of rotatable bonds is 16. The molecule has 0 heterocycles. The zero-order valence-corrected chi connectivity index (χ0v) is 32.3. The molecule has 51 heavy (non-hydrogen) atoms. The van der Waals surface area contributed by atoms with Gasteiger partial charge in [-0.1, -0.05) is 111 Å². The van der Waals surface area contributed by atoms with Gasteiger partial charge < -0.3 is 24.4 Å². The highest BCUT2D eigenvalue weighted by atomic mass is 16.5. The van der Waals surface area contributed by atoms with E-state index in [1.807, 2.05) is 30.3 Å². The number of nitrogens with zero attached hydrogens (tertiary/aromatic N) is 1. The number of phenolic OH excluding ortho intramolecular Hbond substituents is 1. The number of ether oxygens (including phenoxy) is 3. The molecule has 6 nitrogen and oxygen atoms in total. The molecule has 6 heteroatoms. The summed E-state index contributed by atoms with van der Waals surface area (Å²) in [6.07, 6.45) is 5.75. The van der Waals surface area contributed by atoms with E-state index in [1.54, 1.807) is 31.5 Å². The Morgan fingerprint density at radius 1 is 0.706 bits per heavy atom. The first-order valence-corrected chi connectivity index (χ1v) is 18.4. The van der Waals surface area contributed by atoms with Crippen molar-refractivity contribution in [1.29, 1.82) is 0 Å². The van der Waals surface area contributed by atoms with Crippen molar-refractivity contribution in [3.05, 3.63) is 118 Å². The second-order valence-electron chi connectivity index (χ2n) is 15.5. The van der Waals surface area contributed by atoms with Crippen molar-refractivity contribution in [3.63, 3.8) is 0 Å². The molecule has 274 valence electrons. The number of methoxy groups -OCH3 is 1. The highest BCUT2D eigenvalue weighted by molar-refractivity contribution is 5.84. The molecule has 0 aliphatic carbocycles. The van der Waals surface area contributed by atoms with Gasteiger partial charge in [0.15, 0.2) is 0 Å². The maximum absolute atomic E-state index is 14.0. The van der Waals surface area contributed by atoms with Gasteiger partial charge in [0, 0.05) is 22.9 Å². The molecular weight excluding hydrogens is 634 g/mol. The summed E-state index contributed by atoms with van der Waals surface area (Å²) in [5, 5.41) is 24.9. The smallest absolute Gasteiger partial charge is 0.144 e. The van der Waals surface area contributed by atoms with Crippen molar-refractivity contribution in [3.8, 4) is 23.0 Å². The summed E-state index contributed by atoms with van der Waals surface area (Å²) in [6, 6.07) is 26.8. The minimum Gasteiger partial charge on any atom is -0.507 e. The third-order valence-electron chi connectivity index (χ3n) is 9.41. The summed E-state index contributed by atoms with van der Waals surface area (Å²) in [7, 11) is 1.59. The number of aliphatic hydroxyl groups is 1. The van der Waals surface area contributed by atoms with Gasteiger partial charge in [-0.2, -0.15) is 0 Å². The molecule has 0 aliphatic rings. The summed E-state index contributed by atoms with van der Waals surface area (Å²) in [6.45, 7) is 18.4. The molecule has 0 amide bonds. The minimum atomic E-state index is -1.74. The predicted octanol–water partition coefficient (Wildman–Crippen LogP) is 10.3. The van der Waals surface area contributed by atoms with E-state index in [0.29, 0.717) is 53.6 Å². The van der Waals surface area contributed by atoms with E-state index in [1.165, 1.54) is 0 Å². The summed E-state index contributed by atoms with van der Waals surface area (Å²) < 4.78 is 18.6. The number of unbranched alkanes of at least 4 members (excludes halogenated alkanes) is 2. The summed E-state index contributed by atoms with van der Waals surface area (Å²) >= 11 is 0. The maximum Gasteiger partial charge on any atom is 0.144 e. The number of benzene rings is 4. The first kappa shape index (κ1) is 39.5. The van der Waals surface area contributed by atoms with Crippen LogP contribution in [0.3, 0.4) is 0 Å². The number of hydrogen-bond acceptors (Lipinski definition) is 6. The van der Waals surface area contributed by atoms with Crippen molar-refractivity contribution >= 4 is 6.21 Å².